The van der Waals surface area contributed by atoms with Gasteiger partial charge in [0.15, 0.2) is 23.0 Å². The zero-order valence-corrected chi connectivity index (χ0v) is 75.7. The molecule has 6 aromatic carbocycles. The molecule has 7 aromatic rings. The number of carboxylic acid groups (broad SMARTS) is 4. The van der Waals surface area contributed by atoms with Crippen molar-refractivity contribution in [2.24, 2.45) is 69.9 Å². The average Bonchev–Trinajstić information content (AvgIpc) is 0.797. The van der Waals surface area contributed by atoms with Gasteiger partial charge in [-0.15, -0.1) is 0 Å². The van der Waals surface area contributed by atoms with Crippen molar-refractivity contribution >= 4 is 71.1 Å². The molecule has 0 spiro atoms. The SMILES string of the molecule is CC(CC(CC(CC(ON(C(c1ccccc1)C(C)C)C(C)(C)C)c1ccc(O)cc1)C(=O)O)C(=O)[O-])c1ccccc1.CC(CC(CC(CC(ON(C(c1ccccc1)C(C)C)C(C)(C)C)c1ccc(O)cc1)C(=O)[O-])C(=O)O)c1ccccc1.NCCNC(=O)C(CCC[NH+]=C(N)N)NC(=O)c1nc(N)c(C(=O)NC(CCC[NH+]=C(N)N)C(=O)NCCN)nc1N. The first kappa shape index (κ1) is 106. The van der Waals surface area contributed by atoms with E-state index in [1.165, 1.54) is 0 Å². The predicted molar refractivity (Wildman–Crippen MR) is 486 cm³/mol. The van der Waals surface area contributed by atoms with Gasteiger partial charge in [0.25, 0.3) is 11.8 Å². The maximum atomic E-state index is 13.0. The van der Waals surface area contributed by atoms with Crippen LogP contribution in [0.25, 0.3) is 0 Å². The Morgan fingerprint density at radius 3 is 1.02 bits per heavy atom. The quantitative estimate of drug-likeness (QED) is 0.0111. The molecule has 7 rings (SSSR count). The van der Waals surface area contributed by atoms with Crippen LogP contribution in [-0.2, 0) is 38.4 Å². The summed E-state index contributed by atoms with van der Waals surface area (Å²) in [6.45, 7) is 26.1. The predicted octanol–water partition coefficient (Wildman–Crippen LogP) is 4.06. The van der Waals surface area contributed by atoms with Gasteiger partial charge in [-0.05, 0) is 193 Å². The Bertz CT molecular complexity index is 4360. The van der Waals surface area contributed by atoms with Gasteiger partial charge in [0.05, 0.1) is 37.0 Å². The highest BCUT2D eigenvalue weighted by atomic mass is 16.7. The van der Waals surface area contributed by atoms with Crippen LogP contribution in [0.5, 0.6) is 11.5 Å². The number of amides is 4. The molecule has 0 aliphatic heterocycles. The van der Waals surface area contributed by atoms with Crippen LogP contribution in [0.3, 0.4) is 0 Å². The number of guanidine groups is 2. The van der Waals surface area contributed by atoms with E-state index in [0.717, 1.165) is 22.3 Å². The van der Waals surface area contributed by atoms with Crippen LogP contribution in [-0.4, -0.2) is 162 Å². The second-order valence-corrected chi connectivity index (χ2v) is 34.7. The monoisotopic (exact) mass is 1770 g/mol. The van der Waals surface area contributed by atoms with Crippen LogP contribution >= 0.6 is 0 Å². The standard InChI is InChI=1S/2C36H47NO6.C22H42N16O4/c2*1-24(2)33(28-15-11-8-12-16-28)37(36(4,5)6)43-32(27-17-19-31(38)20-18-27)23-30(35(41)42)22-29(34(39)40)21-25(3)26-13-9-7-10-14-26;23-5-9-31-17(39)11(3-1-7-33-21(27)28)35-19(41)13-15(25)38-14(16(26)37-13)20(42)36-12(18(40)32-10-6-24)4-2-8-34-22(29)30/h2*7-20,24-25,29-30,32-33,38H,21-23H2,1-6H3,(H,39,40)(H,41,42);11-12H,1-10,23-24H2,(H2,26,37)(H2,25,38)(H,31,39)(H,32,40)(H,35,41)(H,36,42)(H4,27,28,33)(H4,29,30,34). The van der Waals surface area contributed by atoms with Crippen molar-refractivity contribution in [3.63, 3.8) is 0 Å². The fourth-order valence-electron chi connectivity index (χ4n) is 14.9. The highest BCUT2D eigenvalue weighted by Gasteiger charge is 2.41. The van der Waals surface area contributed by atoms with E-state index in [1.54, 1.807) is 48.5 Å². The summed E-state index contributed by atoms with van der Waals surface area (Å²) >= 11 is 0. The minimum absolute atomic E-state index is 0.00277. The lowest BCUT2D eigenvalue weighted by atomic mass is 9.82. The van der Waals surface area contributed by atoms with E-state index in [-0.39, 0.29) is 130 Å². The second-order valence-electron chi connectivity index (χ2n) is 34.7. The molecule has 0 aliphatic rings. The van der Waals surface area contributed by atoms with Crippen LogP contribution in [0.2, 0.25) is 0 Å². The second kappa shape index (κ2) is 52.7. The van der Waals surface area contributed by atoms with E-state index >= 15 is 0 Å². The maximum Gasteiger partial charge on any atom is 0.338 e. The zero-order chi connectivity index (χ0) is 95.1. The number of carbonyl (C=O) groups is 8. The van der Waals surface area contributed by atoms with Gasteiger partial charge in [0.2, 0.25) is 11.8 Å². The number of rotatable bonds is 48. The van der Waals surface area contributed by atoms with Gasteiger partial charge in [-0.25, -0.2) is 9.97 Å². The maximum absolute atomic E-state index is 13.0. The third-order valence-corrected chi connectivity index (χ3v) is 21.4. The average molecular weight is 1770 g/mol. The van der Waals surface area contributed by atoms with Crippen LogP contribution < -0.4 is 87.3 Å². The first-order valence-electron chi connectivity index (χ1n) is 43.3. The summed E-state index contributed by atoms with van der Waals surface area (Å²) in [4.78, 5) is 128. The summed E-state index contributed by atoms with van der Waals surface area (Å²) in [5.41, 5.74) is 48.0. The molecule has 12 atom stereocenters. The van der Waals surface area contributed by atoms with E-state index in [1.807, 2.05) is 163 Å². The minimum atomic E-state index is -1.31. The topological polar surface area (TPSA) is 599 Å². The molecule has 0 bridgehead atoms. The van der Waals surface area contributed by atoms with Gasteiger partial charge in [-0.1, -0.05) is 187 Å². The number of aromatic nitrogens is 2. The normalized spacial score (nSPS) is 14.3. The summed E-state index contributed by atoms with van der Waals surface area (Å²) in [5, 5.41) is 79.4. The number of phenols is 2. The Morgan fingerprint density at radius 1 is 0.430 bits per heavy atom. The summed E-state index contributed by atoms with van der Waals surface area (Å²) in [6.07, 6.45) is 0.180. The van der Waals surface area contributed by atoms with Crippen LogP contribution in [0.1, 0.15) is 238 Å². The lowest BCUT2D eigenvalue weighted by molar-refractivity contribution is -0.460. The molecule has 4 amide bonds. The lowest BCUT2D eigenvalue weighted by Gasteiger charge is -2.45. The van der Waals surface area contributed by atoms with E-state index in [2.05, 4.69) is 93.2 Å². The number of anilines is 2. The fourth-order valence-corrected chi connectivity index (χ4v) is 14.9. The number of carbonyl (C=O) groups excluding carboxylic acids is 6. The molecule has 0 saturated carbocycles. The van der Waals surface area contributed by atoms with Gasteiger partial charge in [-0.2, -0.15) is 10.1 Å². The number of phenolic OH excluding ortho intramolecular Hbond substituents is 2. The third kappa shape index (κ3) is 35.5. The number of nitrogen functional groups attached to an aromatic ring is 2. The first-order chi connectivity index (χ1) is 60.4. The van der Waals surface area contributed by atoms with Gasteiger partial charge in [-0.3, -0.25) is 71.4 Å². The Kier molecular flexibility index (Phi) is 43.7. The highest BCUT2D eigenvalue weighted by Crippen LogP contribution is 2.43. The van der Waals surface area contributed by atoms with E-state index in [4.69, 9.17) is 55.5 Å². The molecule has 12 unspecified atom stereocenters. The number of carboxylic acids is 4. The summed E-state index contributed by atoms with van der Waals surface area (Å²) in [7, 11) is 0. The van der Waals surface area contributed by atoms with Crippen molar-refractivity contribution < 1.29 is 88.7 Å². The molecule has 0 radical (unpaired) electrons. The molecule has 128 heavy (non-hydrogen) atoms. The van der Waals surface area contributed by atoms with E-state index in [0.29, 0.717) is 43.5 Å². The molecule has 34 heteroatoms. The number of aromatic hydroxyl groups is 2. The number of aliphatic carboxylic acids is 4. The van der Waals surface area contributed by atoms with Crippen molar-refractivity contribution in [3.05, 3.63) is 215 Å². The Hall–Kier alpha value is -12.3. The Balaban J connectivity index is 0.000000340. The minimum Gasteiger partial charge on any atom is -0.550 e. The summed E-state index contributed by atoms with van der Waals surface area (Å²) < 4.78 is 0. The Labute approximate surface area is 750 Å². The largest absolute Gasteiger partial charge is 0.550 e. The van der Waals surface area contributed by atoms with Gasteiger partial charge in [0, 0.05) is 55.1 Å². The number of nitrogens with zero attached hydrogens (tertiary/aromatic N) is 4. The number of hydrogen-bond acceptors (Lipinski definition) is 22. The molecule has 0 saturated heterocycles. The first-order valence-corrected chi connectivity index (χ1v) is 43.3. The zero-order valence-electron chi connectivity index (χ0n) is 75.7. The molecule has 34 nitrogen and oxygen atoms in total. The third-order valence-electron chi connectivity index (χ3n) is 21.4. The lowest BCUT2D eigenvalue weighted by Crippen LogP contribution is -2.78. The van der Waals surface area contributed by atoms with Crippen molar-refractivity contribution in [2.75, 3.05) is 50.7 Å². The molecule has 0 aliphatic carbocycles. The highest BCUT2D eigenvalue weighted by molar-refractivity contribution is 6.03. The van der Waals surface area contributed by atoms with Gasteiger partial charge in [0.1, 0.15) is 35.8 Å². The van der Waals surface area contributed by atoms with Crippen LogP contribution in [0, 0.1) is 35.5 Å². The number of nitrogens with two attached hydrogens (primary N) is 8. The van der Waals surface area contributed by atoms with Crippen molar-refractivity contribution in [1.29, 1.82) is 0 Å². The molecular formula is C94H136N18O16. The molecule has 698 valence electrons. The smallest absolute Gasteiger partial charge is 0.338 e. The molecule has 1 aromatic heterocycles. The van der Waals surface area contributed by atoms with Crippen molar-refractivity contribution in [1.82, 2.24) is 41.4 Å². The number of hydrogen-bond donors (Lipinski definition) is 18. The van der Waals surface area contributed by atoms with Crippen molar-refractivity contribution in [3.8, 4) is 11.5 Å². The summed E-state index contributed by atoms with van der Waals surface area (Å²) in [6, 6.07) is 50.1. The summed E-state index contributed by atoms with van der Waals surface area (Å²) in [5.74, 6) is -11.8. The fraction of sp³-hybridized carbons (Fsp3) is 0.468. The number of nitrogens with one attached hydrogen (secondary N) is 6. The molecule has 26 N–H and O–H groups in total. The van der Waals surface area contributed by atoms with Crippen LogP contribution in [0.4, 0.5) is 11.6 Å². The number of benzene rings is 6. The van der Waals surface area contributed by atoms with E-state index in [9.17, 15) is 69.0 Å². The molecule has 0 fully saturated rings. The van der Waals surface area contributed by atoms with Crippen molar-refractivity contribution in [2.45, 2.75) is 207 Å². The van der Waals surface area contributed by atoms with E-state index < -0.39 is 130 Å². The van der Waals surface area contributed by atoms with Crippen LogP contribution in [0.15, 0.2) is 170 Å². The molecular weight excluding hydrogens is 1640 g/mol. The Morgan fingerprint density at radius 2 is 0.727 bits per heavy atom. The number of hydroxylamine groups is 4. The van der Waals surface area contributed by atoms with Gasteiger partial charge >= 0.3 is 23.9 Å². The molecule has 1 heterocycles. The van der Waals surface area contributed by atoms with Gasteiger partial charge < -0.3 is 84.4 Å².